The molecule has 0 aliphatic carbocycles. The number of aryl methyl sites for hydroxylation is 1. The van der Waals surface area contributed by atoms with Crippen molar-refractivity contribution in [2.24, 2.45) is 0 Å². The second-order valence-corrected chi connectivity index (χ2v) is 7.05. The molecule has 25 heavy (non-hydrogen) atoms. The third kappa shape index (κ3) is 2.78. The van der Waals surface area contributed by atoms with Crippen LogP contribution in [0.1, 0.15) is 15.9 Å². The predicted octanol–water partition coefficient (Wildman–Crippen LogP) is 1.10. The van der Waals surface area contributed by atoms with Crippen LogP contribution in [0.15, 0.2) is 35.7 Å². The fourth-order valence-corrected chi connectivity index (χ4v) is 3.28. The van der Waals surface area contributed by atoms with Crippen molar-refractivity contribution >= 4 is 27.5 Å². The molecule has 0 bridgehead atoms. The van der Waals surface area contributed by atoms with E-state index < -0.39 is 38.2 Å². The van der Waals surface area contributed by atoms with Gasteiger partial charge in [-0.25, -0.2) is 18.7 Å². The van der Waals surface area contributed by atoms with Gasteiger partial charge in [0.2, 0.25) is 0 Å². The fourth-order valence-electron chi connectivity index (χ4n) is 2.22. The van der Waals surface area contributed by atoms with Gasteiger partial charge >= 0.3 is 16.0 Å². The molecule has 3 rings (SSSR count). The third-order valence-corrected chi connectivity index (χ3v) is 4.96. The maximum Gasteiger partial charge on any atom is 0.337 e. The summed E-state index contributed by atoms with van der Waals surface area (Å²) < 4.78 is 41.2. The molecule has 0 spiro atoms. The second kappa shape index (κ2) is 5.77. The molecule has 0 radical (unpaired) electrons. The van der Waals surface area contributed by atoms with E-state index in [0.29, 0.717) is 4.31 Å². The third-order valence-electron chi connectivity index (χ3n) is 3.43. The first-order valence-corrected chi connectivity index (χ1v) is 8.35. The van der Waals surface area contributed by atoms with Gasteiger partial charge in [0.25, 0.3) is 10.9 Å². The maximum atomic E-state index is 14.1. The average molecular weight is 365 g/mol. The molecule has 130 valence electrons. The van der Waals surface area contributed by atoms with Crippen LogP contribution in [0.2, 0.25) is 0 Å². The minimum absolute atomic E-state index is 0.0459. The summed E-state index contributed by atoms with van der Waals surface area (Å²) in [5, 5.41) is 12.4. The first kappa shape index (κ1) is 16.8. The van der Waals surface area contributed by atoms with E-state index in [-0.39, 0.29) is 5.78 Å². The van der Waals surface area contributed by atoms with Crippen LogP contribution >= 0.6 is 0 Å². The molecule has 9 nitrogen and oxygen atoms in total. The number of rotatable bonds is 4. The normalized spacial score (nSPS) is 11.6. The lowest BCUT2D eigenvalue weighted by Crippen LogP contribution is -2.30. The van der Waals surface area contributed by atoms with Crippen LogP contribution in [0, 0.1) is 12.7 Å². The second-order valence-electron chi connectivity index (χ2n) is 5.18. The largest absolute Gasteiger partial charge is 0.478 e. The van der Waals surface area contributed by atoms with Gasteiger partial charge in [-0.1, -0.05) is 6.07 Å². The number of nitrogens with zero attached hydrogens (tertiary/aromatic N) is 5. The maximum absolute atomic E-state index is 14.1. The molecule has 0 saturated carbocycles. The summed E-state index contributed by atoms with van der Waals surface area (Å²) in [7, 11) is -3.37. The van der Waals surface area contributed by atoms with Crippen LogP contribution in [0.5, 0.6) is 0 Å². The zero-order chi connectivity index (χ0) is 18.4. The quantitative estimate of drug-likeness (QED) is 0.735. The van der Waals surface area contributed by atoms with Crippen LogP contribution in [0.25, 0.3) is 5.78 Å². The molecule has 0 fully saturated rings. The van der Waals surface area contributed by atoms with Crippen molar-refractivity contribution in [1.82, 2.24) is 19.6 Å². The highest BCUT2D eigenvalue weighted by atomic mass is 32.2. The van der Waals surface area contributed by atoms with Gasteiger partial charge in [-0.2, -0.15) is 13.4 Å². The van der Waals surface area contributed by atoms with Crippen molar-refractivity contribution in [3.8, 4) is 0 Å². The van der Waals surface area contributed by atoms with Gasteiger partial charge in [-0.05, 0) is 24.6 Å². The molecular formula is C14H12FN5O4S. The van der Waals surface area contributed by atoms with Crippen molar-refractivity contribution in [1.29, 1.82) is 0 Å². The van der Waals surface area contributed by atoms with Gasteiger partial charge in [0.15, 0.2) is 0 Å². The summed E-state index contributed by atoms with van der Waals surface area (Å²) in [4.78, 5) is 19.1. The lowest BCUT2D eigenvalue weighted by Gasteiger charge is -2.19. The van der Waals surface area contributed by atoms with Crippen molar-refractivity contribution in [3.05, 3.63) is 47.5 Å². The molecule has 0 atom stereocenters. The Balaban J connectivity index is 2.15. The van der Waals surface area contributed by atoms with Gasteiger partial charge in [0.1, 0.15) is 11.5 Å². The molecule has 0 saturated heterocycles. The Kier molecular flexibility index (Phi) is 3.87. The van der Waals surface area contributed by atoms with Gasteiger partial charge in [0, 0.05) is 19.4 Å². The molecule has 11 heteroatoms. The van der Waals surface area contributed by atoms with E-state index in [4.69, 9.17) is 0 Å². The van der Waals surface area contributed by atoms with Crippen molar-refractivity contribution in [2.45, 2.75) is 12.1 Å². The molecule has 1 aromatic carbocycles. The number of carbonyl (C=O) groups is 1. The summed E-state index contributed by atoms with van der Waals surface area (Å²) >= 11 is 0. The van der Waals surface area contributed by atoms with Crippen LogP contribution < -0.4 is 4.31 Å². The van der Waals surface area contributed by atoms with E-state index in [1.807, 2.05) is 0 Å². The van der Waals surface area contributed by atoms with Crippen LogP contribution in [0.4, 0.5) is 10.1 Å². The number of carboxylic acids is 1. The molecular weight excluding hydrogens is 353 g/mol. The topological polar surface area (TPSA) is 118 Å². The monoisotopic (exact) mass is 365 g/mol. The molecule has 3 aromatic rings. The Hall–Kier alpha value is -3.08. The standard InChI is InChI=1S/C14H12FN5O4S/c1-8-6-16-13-17-14(18-20(13)7-8)25(23,24)19(2)11-9(12(21)22)4-3-5-10(11)15/h3-7H,1-2H3,(H,21,22). The summed E-state index contributed by atoms with van der Waals surface area (Å²) in [6.07, 6.45) is 3.02. The van der Waals surface area contributed by atoms with Crippen molar-refractivity contribution in [2.75, 3.05) is 11.4 Å². The van der Waals surface area contributed by atoms with Crippen molar-refractivity contribution < 1.29 is 22.7 Å². The Morgan fingerprint density at radius 3 is 2.76 bits per heavy atom. The number of para-hydroxylation sites is 1. The number of fused-ring (bicyclic) bond motifs is 1. The number of hydrogen-bond acceptors (Lipinski definition) is 6. The van der Waals surface area contributed by atoms with E-state index in [9.17, 15) is 22.7 Å². The zero-order valence-corrected chi connectivity index (χ0v) is 13.9. The number of anilines is 1. The number of benzene rings is 1. The average Bonchev–Trinajstić information content (AvgIpc) is 2.97. The Morgan fingerprint density at radius 1 is 1.36 bits per heavy atom. The lowest BCUT2D eigenvalue weighted by atomic mass is 10.1. The number of halogens is 1. The number of sulfonamides is 1. The molecule has 2 heterocycles. The number of hydrogen-bond donors (Lipinski definition) is 1. The Morgan fingerprint density at radius 2 is 2.08 bits per heavy atom. The molecule has 1 N–H and O–H groups in total. The highest BCUT2D eigenvalue weighted by molar-refractivity contribution is 7.92. The minimum atomic E-state index is -4.40. The van der Waals surface area contributed by atoms with Crippen LogP contribution in [-0.4, -0.2) is 46.1 Å². The SMILES string of the molecule is Cc1cnc2nc(S(=O)(=O)N(C)c3c(F)cccc3C(=O)O)nn2c1. The predicted molar refractivity (Wildman–Crippen MR) is 84.5 cm³/mol. The summed E-state index contributed by atoms with van der Waals surface area (Å²) in [6.45, 7) is 1.74. The minimum Gasteiger partial charge on any atom is -0.478 e. The number of carboxylic acid groups (broad SMARTS) is 1. The van der Waals surface area contributed by atoms with E-state index in [1.54, 1.807) is 6.92 Å². The molecule has 0 aliphatic heterocycles. The smallest absolute Gasteiger partial charge is 0.337 e. The molecule has 0 aliphatic rings. The Labute approximate surface area is 141 Å². The Bertz CT molecular complexity index is 1100. The lowest BCUT2D eigenvalue weighted by molar-refractivity contribution is 0.0697. The van der Waals surface area contributed by atoms with Gasteiger partial charge in [-0.15, -0.1) is 5.10 Å². The number of aromatic nitrogens is 4. The number of aromatic carboxylic acids is 1. The van der Waals surface area contributed by atoms with E-state index in [1.165, 1.54) is 23.0 Å². The van der Waals surface area contributed by atoms with E-state index in [2.05, 4.69) is 15.1 Å². The molecule has 0 unspecified atom stereocenters. The van der Waals surface area contributed by atoms with Crippen LogP contribution in [-0.2, 0) is 10.0 Å². The van der Waals surface area contributed by atoms with Gasteiger partial charge in [-0.3, -0.25) is 4.31 Å². The van der Waals surface area contributed by atoms with Crippen molar-refractivity contribution in [3.63, 3.8) is 0 Å². The summed E-state index contributed by atoms with van der Waals surface area (Å²) in [5.74, 6) is -2.41. The summed E-state index contributed by atoms with van der Waals surface area (Å²) in [6, 6.07) is 3.25. The highest BCUT2D eigenvalue weighted by Gasteiger charge is 2.31. The highest BCUT2D eigenvalue weighted by Crippen LogP contribution is 2.27. The summed E-state index contributed by atoms with van der Waals surface area (Å²) in [5.41, 5.74) is -0.362. The van der Waals surface area contributed by atoms with Gasteiger partial charge in [0.05, 0.1) is 5.56 Å². The molecule has 2 aromatic heterocycles. The first-order valence-electron chi connectivity index (χ1n) is 6.91. The van der Waals surface area contributed by atoms with E-state index >= 15 is 0 Å². The molecule has 0 amide bonds. The zero-order valence-electron chi connectivity index (χ0n) is 13.1. The van der Waals surface area contributed by atoms with Crippen LogP contribution in [0.3, 0.4) is 0 Å². The first-order chi connectivity index (χ1) is 11.7. The fraction of sp³-hybridized carbons (Fsp3) is 0.143. The van der Waals surface area contributed by atoms with Gasteiger partial charge < -0.3 is 5.11 Å². The van der Waals surface area contributed by atoms with E-state index in [0.717, 1.165) is 24.7 Å².